The summed E-state index contributed by atoms with van der Waals surface area (Å²) in [6.45, 7) is 0. The smallest absolute Gasteiger partial charge is 0.338 e. The second-order valence-electron chi connectivity index (χ2n) is 3.31. The van der Waals surface area contributed by atoms with E-state index in [1.807, 2.05) is 0 Å². The van der Waals surface area contributed by atoms with E-state index >= 15 is 0 Å². The van der Waals surface area contributed by atoms with Gasteiger partial charge in [-0.2, -0.15) is 0 Å². The average Bonchev–Trinajstić information content (AvgIpc) is 2.79. The molecule has 0 saturated heterocycles. The number of carboxylic acids is 1. The summed E-state index contributed by atoms with van der Waals surface area (Å²) in [5.74, 6) is -1.44. The van der Waals surface area contributed by atoms with E-state index < -0.39 is 31.5 Å². The summed E-state index contributed by atoms with van der Waals surface area (Å²) in [5, 5.41) is 14.9. The molecule has 0 saturated carbocycles. The quantitative estimate of drug-likeness (QED) is 0.856. The molecule has 0 aliphatic heterocycles. The Bertz CT molecular complexity index is 763. The van der Waals surface area contributed by atoms with Gasteiger partial charge in [0.05, 0.1) is 15.6 Å². The van der Waals surface area contributed by atoms with Crippen LogP contribution in [0.2, 0.25) is 10.0 Å². The van der Waals surface area contributed by atoms with Crippen molar-refractivity contribution in [1.82, 2.24) is 14.8 Å². The Morgan fingerprint density at radius 2 is 2.05 bits per heavy atom. The first kappa shape index (κ1) is 14.9. The van der Waals surface area contributed by atoms with E-state index in [1.165, 1.54) is 0 Å². The maximum absolute atomic E-state index is 12.1. The van der Waals surface area contributed by atoms with Gasteiger partial charge in [0.25, 0.3) is 10.0 Å². The Hall–Kier alpha value is -1.49. The summed E-state index contributed by atoms with van der Waals surface area (Å²) >= 11 is 12.2. The van der Waals surface area contributed by atoms with Crippen LogP contribution in [0.4, 0.5) is 5.13 Å². The molecule has 0 radical (unpaired) electrons. The molecule has 8 nitrogen and oxygen atoms in total. The van der Waals surface area contributed by atoms with E-state index in [2.05, 4.69) is 19.5 Å². The first-order valence-corrected chi connectivity index (χ1v) is 7.73. The predicted molar refractivity (Wildman–Crippen MR) is 71.9 cm³/mol. The number of rotatable bonds is 4. The Morgan fingerprint density at radius 1 is 1.35 bits per heavy atom. The first-order chi connectivity index (χ1) is 9.33. The van der Waals surface area contributed by atoms with Gasteiger partial charge in [0.1, 0.15) is 4.90 Å². The monoisotopic (exact) mass is 354 g/mol. The molecule has 1 aromatic heterocycles. The summed E-state index contributed by atoms with van der Waals surface area (Å²) in [6, 6.07) is 2.22. The van der Waals surface area contributed by atoms with Crippen LogP contribution in [0, 0.1) is 0 Å². The van der Waals surface area contributed by atoms with Crippen molar-refractivity contribution in [1.29, 1.82) is 0 Å². The fourth-order valence-electron chi connectivity index (χ4n) is 1.28. The second-order valence-corrected chi connectivity index (χ2v) is 6.48. The number of anilines is 1. The van der Waals surface area contributed by atoms with E-state index in [9.17, 15) is 13.2 Å². The van der Waals surface area contributed by atoms with Crippen LogP contribution >= 0.6 is 34.7 Å². The lowest BCUT2D eigenvalue weighted by Crippen LogP contribution is -2.15. The summed E-state index contributed by atoms with van der Waals surface area (Å²) < 4.78 is 29.6. The molecule has 106 valence electrons. The molecular weight excluding hydrogens is 351 g/mol. The van der Waals surface area contributed by atoms with Crippen molar-refractivity contribution in [2.45, 2.75) is 4.90 Å². The van der Waals surface area contributed by atoms with Crippen LogP contribution in [-0.2, 0) is 10.0 Å². The van der Waals surface area contributed by atoms with Crippen LogP contribution in [0.25, 0.3) is 0 Å². The van der Waals surface area contributed by atoms with Crippen LogP contribution in [0.15, 0.2) is 17.0 Å². The highest BCUT2D eigenvalue weighted by Crippen LogP contribution is 2.32. The molecule has 2 N–H and O–H groups in total. The van der Waals surface area contributed by atoms with Crippen molar-refractivity contribution < 1.29 is 18.3 Å². The highest BCUT2D eigenvalue weighted by atomic mass is 35.5. The molecule has 0 amide bonds. The second kappa shape index (κ2) is 5.48. The third-order valence-electron chi connectivity index (χ3n) is 2.08. The van der Waals surface area contributed by atoms with Crippen LogP contribution in [0.1, 0.15) is 10.4 Å². The van der Waals surface area contributed by atoms with Crippen molar-refractivity contribution >= 4 is 55.9 Å². The minimum absolute atomic E-state index is 0.0760. The van der Waals surface area contributed by atoms with Gasteiger partial charge in [-0.25, -0.2) is 13.2 Å². The van der Waals surface area contributed by atoms with Crippen molar-refractivity contribution in [2.75, 3.05) is 4.72 Å². The molecule has 1 heterocycles. The fourth-order valence-corrected chi connectivity index (χ4v) is 3.78. The number of carbonyl (C=O) groups is 1. The molecule has 0 aliphatic carbocycles. The van der Waals surface area contributed by atoms with Gasteiger partial charge in [-0.05, 0) is 17.3 Å². The van der Waals surface area contributed by atoms with Crippen LogP contribution in [0.5, 0.6) is 0 Å². The van der Waals surface area contributed by atoms with Gasteiger partial charge in [0, 0.05) is 11.5 Å². The third-order valence-corrected chi connectivity index (χ3v) is 4.92. The zero-order valence-electron chi connectivity index (χ0n) is 9.24. The number of aromatic carboxylic acids is 1. The SMILES string of the molecule is O=C(O)c1c(Cl)ccc(S(=O)(=O)Nc2nnns2)c1Cl. The average molecular weight is 355 g/mol. The number of halogens is 2. The number of nitrogens with zero attached hydrogens (tertiary/aromatic N) is 3. The Labute approximate surface area is 126 Å². The zero-order chi connectivity index (χ0) is 14.9. The number of benzene rings is 1. The molecule has 12 heteroatoms. The first-order valence-electron chi connectivity index (χ1n) is 4.72. The van der Waals surface area contributed by atoms with Gasteiger partial charge in [0.15, 0.2) is 0 Å². The normalized spacial score (nSPS) is 11.3. The largest absolute Gasteiger partial charge is 0.478 e. The van der Waals surface area contributed by atoms with Crippen molar-refractivity contribution in [3.05, 3.63) is 27.7 Å². The molecule has 1 aromatic carbocycles. The fraction of sp³-hybridized carbons (Fsp3) is 0. The van der Waals surface area contributed by atoms with E-state index in [1.54, 1.807) is 0 Å². The summed E-state index contributed by atoms with van der Waals surface area (Å²) in [6.07, 6.45) is 0. The number of carboxylic acid groups (broad SMARTS) is 1. The maximum Gasteiger partial charge on any atom is 0.338 e. The predicted octanol–water partition coefficient (Wildman–Crippen LogP) is 1.74. The Morgan fingerprint density at radius 3 is 2.60 bits per heavy atom. The molecule has 20 heavy (non-hydrogen) atoms. The molecular formula is C8H4Cl2N4O4S2. The van der Waals surface area contributed by atoms with Gasteiger partial charge in [-0.15, -0.1) is 0 Å². The molecule has 0 unspecified atom stereocenters. The number of hydrogen-bond donors (Lipinski definition) is 2. The molecule has 0 fully saturated rings. The number of aromatic nitrogens is 3. The van der Waals surface area contributed by atoms with Crippen LogP contribution in [-0.4, -0.2) is 34.3 Å². The zero-order valence-corrected chi connectivity index (χ0v) is 12.4. The number of sulfonamides is 1. The van der Waals surface area contributed by atoms with E-state index in [0.29, 0.717) is 11.5 Å². The van der Waals surface area contributed by atoms with Gasteiger partial charge in [-0.1, -0.05) is 32.8 Å². The lowest BCUT2D eigenvalue weighted by Gasteiger charge is -2.09. The molecule has 0 aliphatic rings. The molecule has 0 bridgehead atoms. The Balaban J connectivity index is 2.53. The van der Waals surface area contributed by atoms with Crippen molar-refractivity contribution in [2.24, 2.45) is 0 Å². The van der Waals surface area contributed by atoms with E-state index in [4.69, 9.17) is 28.3 Å². The van der Waals surface area contributed by atoms with Gasteiger partial charge < -0.3 is 5.11 Å². The molecule has 0 spiro atoms. The van der Waals surface area contributed by atoms with Crippen LogP contribution < -0.4 is 4.72 Å². The molecule has 2 rings (SSSR count). The highest BCUT2D eigenvalue weighted by molar-refractivity contribution is 7.93. The van der Waals surface area contributed by atoms with Crippen LogP contribution in [0.3, 0.4) is 0 Å². The van der Waals surface area contributed by atoms with E-state index in [0.717, 1.165) is 12.1 Å². The third kappa shape index (κ3) is 2.82. The lowest BCUT2D eigenvalue weighted by atomic mass is 10.2. The number of nitrogens with one attached hydrogen (secondary N) is 1. The minimum Gasteiger partial charge on any atom is -0.478 e. The van der Waals surface area contributed by atoms with Gasteiger partial charge in [-0.3, -0.25) is 4.72 Å². The standard InChI is InChI=1S/C8H4Cl2N4O4S2/c9-3-1-2-4(6(10)5(3)7(15)16)20(17,18)12-8-11-13-14-19-8/h1-2H,(H,15,16)(H,11,12,14). The lowest BCUT2D eigenvalue weighted by molar-refractivity contribution is 0.0697. The topological polar surface area (TPSA) is 122 Å². The minimum atomic E-state index is -4.12. The summed E-state index contributed by atoms with van der Waals surface area (Å²) in [5.41, 5.74) is -0.494. The number of hydrogen-bond acceptors (Lipinski definition) is 7. The van der Waals surface area contributed by atoms with Crippen molar-refractivity contribution in [3.63, 3.8) is 0 Å². The molecule has 2 aromatic rings. The maximum atomic E-state index is 12.1. The summed E-state index contributed by atoms with van der Waals surface area (Å²) in [7, 11) is -4.12. The Kier molecular flexibility index (Phi) is 4.09. The molecule has 0 atom stereocenters. The van der Waals surface area contributed by atoms with E-state index in [-0.39, 0.29) is 10.2 Å². The highest BCUT2D eigenvalue weighted by Gasteiger charge is 2.25. The summed E-state index contributed by atoms with van der Waals surface area (Å²) in [4.78, 5) is 10.6. The van der Waals surface area contributed by atoms with Crippen molar-refractivity contribution in [3.8, 4) is 0 Å². The van der Waals surface area contributed by atoms with Gasteiger partial charge >= 0.3 is 5.97 Å². The van der Waals surface area contributed by atoms with Gasteiger partial charge in [0.2, 0.25) is 5.13 Å².